The van der Waals surface area contributed by atoms with E-state index in [4.69, 9.17) is 0 Å². The second kappa shape index (κ2) is 12.5. The molecule has 0 bridgehead atoms. The van der Waals surface area contributed by atoms with Crippen LogP contribution in [0.25, 0.3) is 0 Å². The second-order valence-electron chi connectivity index (χ2n) is 6.86. The Bertz CT molecular complexity index is 722. The standard InChI is InChI=1S/C16H28N2O10P2/c1-13(2)12-27-30(24,25)28-29(22,23)26-11-9-17-14(19)6-4-3-5-10-18-15(20)7-8-16(18)21/h7-8,13H,3-6,9-12H2,1-2H3,(H,17,19)(H,22,23)(H,24,25). The number of carbonyl (C=O) groups is 3. The van der Waals surface area contributed by atoms with E-state index in [-0.39, 0.29) is 43.2 Å². The van der Waals surface area contributed by atoms with Crippen molar-refractivity contribution in [2.45, 2.75) is 39.5 Å². The topological polar surface area (TPSA) is 169 Å². The summed E-state index contributed by atoms with van der Waals surface area (Å²) in [4.78, 5) is 54.4. The molecule has 0 saturated carbocycles. The molecule has 1 heterocycles. The summed E-state index contributed by atoms with van der Waals surface area (Å²) in [6.07, 6.45) is 4.34. The Morgan fingerprint density at radius 1 is 1.07 bits per heavy atom. The van der Waals surface area contributed by atoms with Gasteiger partial charge in [0.1, 0.15) is 0 Å². The lowest BCUT2D eigenvalue weighted by molar-refractivity contribution is -0.137. The van der Waals surface area contributed by atoms with E-state index < -0.39 is 22.3 Å². The molecular formula is C16H28N2O10P2. The zero-order valence-corrected chi connectivity index (χ0v) is 18.7. The highest BCUT2D eigenvalue weighted by Gasteiger charge is 2.35. The third-order valence-electron chi connectivity index (χ3n) is 3.64. The van der Waals surface area contributed by atoms with Crippen molar-refractivity contribution >= 4 is 33.4 Å². The third-order valence-corrected chi connectivity index (χ3v) is 6.28. The molecule has 1 rings (SSSR count). The number of hydrogen-bond donors (Lipinski definition) is 3. The van der Waals surface area contributed by atoms with Gasteiger partial charge < -0.3 is 15.1 Å². The molecular weight excluding hydrogens is 442 g/mol. The van der Waals surface area contributed by atoms with Crippen LogP contribution in [-0.4, -0.2) is 58.7 Å². The van der Waals surface area contributed by atoms with E-state index in [1.165, 1.54) is 12.2 Å². The van der Waals surface area contributed by atoms with Crippen molar-refractivity contribution in [3.8, 4) is 0 Å². The van der Waals surface area contributed by atoms with E-state index in [1.807, 2.05) is 0 Å². The van der Waals surface area contributed by atoms with Gasteiger partial charge in [0, 0.05) is 31.7 Å². The Labute approximate surface area is 174 Å². The summed E-state index contributed by atoms with van der Waals surface area (Å²) in [5.41, 5.74) is 0. The second-order valence-corrected chi connectivity index (χ2v) is 9.91. The van der Waals surface area contributed by atoms with Gasteiger partial charge in [-0.05, 0) is 18.8 Å². The number of hydrogen-bond acceptors (Lipinski definition) is 8. The van der Waals surface area contributed by atoms with Gasteiger partial charge in [-0.2, -0.15) is 4.31 Å². The van der Waals surface area contributed by atoms with Crippen molar-refractivity contribution < 1.29 is 46.7 Å². The van der Waals surface area contributed by atoms with E-state index >= 15 is 0 Å². The lowest BCUT2D eigenvalue weighted by Crippen LogP contribution is -2.31. The van der Waals surface area contributed by atoms with E-state index in [9.17, 15) is 33.3 Å². The first-order valence-corrected chi connectivity index (χ1v) is 12.4. The average Bonchev–Trinajstić information content (AvgIpc) is 2.94. The highest BCUT2D eigenvalue weighted by Crippen LogP contribution is 2.60. The number of imide groups is 1. The molecule has 0 aromatic carbocycles. The first-order valence-electron chi connectivity index (χ1n) is 9.38. The lowest BCUT2D eigenvalue weighted by atomic mass is 10.2. The Balaban J connectivity index is 2.13. The van der Waals surface area contributed by atoms with Crippen LogP contribution in [0.1, 0.15) is 39.5 Å². The Morgan fingerprint density at radius 3 is 2.27 bits per heavy atom. The van der Waals surface area contributed by atoms with Gasteiger partial charge in [-0.15, -0.1) is 0 Å². The Kier molecular flexibility index (Phi) is 11.1. The zero-order valence-electron chi connectivity index (χ0n) is 16.9. The maximum absolute atomic E-state index is 11.7. The van der Waals surface area contributed by atoms with Crippen LogP contribution in [0.2, 0.25) is 0 Å². The normalized spacial score (nSPS) is 18.0. The van der Waals surface area contributed by atoms with Gasteiger partial charge in [-0.3, -0.25) is 28.3 Å². The third kappa shape index (κ3) is 11.1. The van der Waals surface area contributed by atoms with Crippen LogP contribution < -0.4 is 5.32 Å². The fourth-order valence-electron chi connectivity index (χ4n) is 2.24. The number of nitrogens with zero attached hydrogens (tertiary/aromatic N) is 1. The molecule has 0 radical (unpaired) electrons. The summed E-state index contributed by atoms with van der Waals surface area (Å²) in [6, 6.07) is 0. The van der Waals surface area contributed by atoms with Crippen LogP contribution in [0.5, 0.6) is 0 Å². The molecule has 3 amide bonds. The van der Waals surface area contributed by atoms with Crippen LogP contribution in [0, 0.1) is 5.92 Å². The summed E-state index contributed by atoms with van der Waals surface area (Å²) in [5.74, 6) is -1.10. The predicted molar refractivity (Wildman–Crippen MR) is 105 cm³/mol. The number of carbonyl (C=O) groups excluding carboxylic acids is 3. The number of rotatable bonds is 15. The van der Waals surface area contributed by atoms with E-state index in [0.29, 0.717) is 25.8 Å². The van der Waals surface area contributed by atoms with Crippen molar-refractivity contribution in [2.24, 2.45) is 5.92 Å². The van der Waals surface area contributed by atoms with Crippen LogP contribution in [0.4, 0.5) is 0 Å². The minimum absolute atomic E-state index is 0.0921. The van der Waals surface area contributed by atoms with Crippen LogP contribution in [0.3, 0.4) is 0 Å². The largest absolute Gasteiger partial charge is 0.481 e. The van der Waals surface area contributed by atoms with Crippen LogP contribution in [-0.2, 0) is 36.9 Å². The van der Waals surface area contributed by atoms with Crippen molar-refractivity contribution in [3.05, 3.63) is 12.2 Å². The van der Waals surface area contributed by atoms with Crippen molar-refractivity contribution in [3.63, 3.8) is 0 Å². The minimum Gasteiger partial charge on any atom is -0.354 e. The summed E-state index contributed by atoms with van der Waals surface area (Å²) in [6.45, 7) is 3.04. The number of unbranched alkanes of at least 4 members (excludes halogenated alkanes) is 2. The smallest absolute Gasteiger partial charge is 0.354 e. The fraction of sp³-hybridized carbons (Fsp3) is 0.688. The number of nitrogens with one attached hydrogen (secondary N) is 1. The fourth-order valence-corrected chi connectivity index (χ4v) is 4.47. The van der Waals surface area contributed by atoms with E-state index in [0.717, 1.165) is 4.90 Å². The van der Waals surface area contributed by atoms with Gasteiger partial charge in [0.2, 0.25) is 5.91 Å². The molecule has 3 N–H and O–H groups in total. The molecule has 1 aliphatic heterocycles. The highest BCUT2D eigenvalue weighted by atomic mass is 31.3. The van der Waals surface area contributed by atoms with Gasteiger partial charge in [0.25, 0.3) is 11.8 Å². The highest BCUT2D eigenvalue weighted by molar-refractivity contribution is 7.61. The van der Waals surface area contributed by atoms with Crippen LogP contribution >= 0.6 is 15.6 Å². The monoisotopic (exact) mass is 470 g/mol. The van der Waals surface area contributed by atoms with Crippen LogP contribution in [0.15, 0.2) is 12.2 Å². The predicted octanol–water partition coefficient (Wildman–Crippen LogP) is 1.49. The van der Waals surface area contributed by atoms with Crippen molar-refractivity contribution in [1.82, 2.24) is 10.2 Å². The average molecular weight is 470 g/mol. The SMILES string of the molecule is CC(C)COP(=O)(O)OP(=O)(O)OCCNC(=O)CCCCCN1C(=O)C=CC1=O. The van der Waals surface area contributed by atoms with Gasteiger partial charge >= 0.3 is 15.6 Å². The molecule has 0 aromatic heterocycles. The Hall–Kier alpha value is -1.39. The summed E-state index contributed by atoms with van der Waals surface area (Å²) in [5, 5.41) is 2.46. The quantitative estimate of drug-likeness (QED) is 0.181. The minimum atomic E-state index is -4.84. The van der Waals surface area contributed by atoms with Gasteiger partial charge in [-0.1, -0.05) is 20.3 Å². The van der Waals surface area contributed by atoms with Gasteiger partial charge in [-0.25, -0.2) is 9.13 Å². The lowest BCUT2D eigenvalue weighted by Gasteiger charge is -2.17. The molecule has 12 nitrogen and oxygen atoms in total. The van der Waals surface area contributed by atoms with E-state index in [1.54, 1.807) is 13.8 Å². The Morgan fingerprint density at radius 2 is 1.67 bits per heavy atom. The first-order chi connectivity index (χ1) is 13.9. The number of phosphoric acid groups is 2. The first kappa shape index (κ1) is 26.6. The molecule has 0 aromatic rings. The zero-order chi connectivity index (χ0) is 22.8. The summed E-state index contributed by atoms with van der Waals surface area (Å²) >= 11 is 0. The number of phosphoric ester groups is 2. The molecule has 172 valence electrons. The molecule has 14 heteroatoms. The molecule has 0 spiro atoms. The molecule has 0 saturated heterocycles. The molecule has 2 atom stereocenters. The summed E-state index contributed by atoms with van der Waals surface area (Å²) in [7, 11) is -9.59. The molecule has 0 fully saturated rings. The van der Waals surface area contributed by atoms with Crippen molar-refractivity contribution in [1.29, 1.82) is 0 Å². The van der Waals surface area contributed by atoms with Crippen molar-refractivity contribution in [2.75, 3.05) is 26.3 Å². The number of amides is 3. The van der Waals surface area contributed by atoms with Gasteiger partial charge in [0.15, 0.2) is 0 Å². The van der Waals surface area contributed by atoms with Gasteiger partial charge in [0.05, 0.1) is 13.2 Å². The maximum Gasteiger partial charge on any atom is 0.481 e. The molecule has 2 unspecified atom stereocenters. The molecule has 1 aliphatic rings. The molecule has 30 heavy (non-hydrogen) atoms. The summed E-state index contributed by atoms with van der Waals surface area (Å²) < 4.78 is 36.4. The molecule has 0 aliphatic carbocycles. The maximum atomic E-state index is 11.7. The van der Waals surface area contributed by atoms with E-state index in [2.05, 4.69) is 18.7 Å².